The van der Waals surface area contributed by atoms with Crippen molar-refractivity contribution < 1.29 is 34.8 Å². The van der Waals surface area contributed by atoms with E-state index in [2.05, 4.69) is 5.32 Å². The minimum Gasteiger partial charge on any atom is -0.508 e. The van der Waals surface area contributed by atoms with E-state index in [0.29, 0.717) is 17.7 Å². The number of anilines is 1. The van der Waals surface area contributed by atoms with Crippen LogP contribution < -0.4 is 16.0 Å². The highest BCUT2D eigenvalue weighted by molar-refractivity contribution is 6.23. The number of hydrogen-bond acceptors (Lipinski definition) is 9. The molecular weight excluding hydrogens is 490 g/mol. The van der Waals surface area contributed by atoms with Gasteiger partial charge in [-0.2, -0.15) is 0 Å². The van der Waals surface area contributed by atoms with Crippen LogP contribution in [0.15, 0.2) is 23.0 Å². The van der Waals surface area contributed by atoms with Crippen LogP contribution in [0.2, 0.25) is 0 Å². The number of nitrogens with zero attached hydrogens (tertiary/aromatic N) is 1. The minimum atomic E-state index is -2.61. The summed E-state index contributed by atoms with van der Waals surface area (Å²) in [5.41, 5.74) is 3.87. The first-order chi connectivity index (χ1) is 17.6. The van der Waals surface area contributed by atoms with Crippen LogP contribution in [0, 0.1) is 23.7 Å². The van der Waals surface area contributed by atoms with Crippen molar-refractivity contribution in [3.8, 4) is 5.75 Å². The molecule has 4 rings (SSSR count). The molecule has 10 nitrogen and oxygen atoms in total. The van der Waals surface area contributed by atoms with Gasteiger partial charge in [0.25, 0.3) is 5.91 Å². The summed E-state index contributed by atoms with van der Waals surface area (Å²) in [6, 6.07) is 1.98. The van der Waals surface area contributed by atoms with E-state index in [-0.39, 0.29) is 41.7 Å². The van der Waals surface area contributed by atoms with Crippen molar-refractivity contribution in [1.29, 1.82) is 0 Å². The fourth-order valence-corrected chi connectivity index (χ4v) is 6.43. The molecule has 0 saturated heterocycles. The number of phenolic OH excluding ortho intramolecular Hbond substituents is 1. The molecular formula is C28H37N3O7. The number of ketones is 2. The lowest BCUT2D eigenvalue weighted by atomic mass is 9.54. The van der Waals surface area contributed by atoms with E-state index < -0.39 is 57.9 Å². The third-order valence-corrected chi connectivity index (χ3v) is 8.21. The van der Waals surface area contributed by atoms with Crippen molar-refractivity contribution in [2.45, 2.75) is 58.7 Å². The van der Waals surface area contributed by atoms with E-state index in [0.717, 1.165) is 5.69 Å². The number of nitrogens with one attached hydrogen (secondary N) is 1. The average Bonchev–Trinajstić information content (AvgIpc) is 2.80. The maximum atomic E-state index is 14.0. The number of carbonyl (C=O) groups is 3. The zero-order valence-electron chi connectivity index (χ0n) is 22.6. The van der Waals surface area contributed by atoms with Crippen LogP contribution in [0.5, 0.6) is 5.75 Å². The topological polar surface area (TPSA) is 173 Å². The number of Topliss-reactive ketones (excluding diaryl/α,β-unsaturated/α-hetero) is 2. The monoisotopic (exact) mass is 527 g/mol. The molecule has 3 aliphatic carbocycles. The summed E-state index contributed by atoms with van der Waals surface area (Å²) in [4.78, 5) is 41.2. The second kappa shape index (κ2) is 9.43. The van der Waals surface area contributed by atoms with E-state index in [1.807, 2.05) is 38.9 Å². The Labute approximate surface area is 221 Å². The summed E-state index contributed by atoms with van der Waals surface area (Å²) >= 11 is 0. The first-order valence-electron chi connectivity index (χ1n) is 12.9. The molecule has 206 valence electrons. The first-order valence-corrected chi connectivity index (χ1v) is 12.9. The van der Waals surface area contributed by atoms with Gasteiger partial charge in [0.1, 0.15) is 22.8 Å². The Morgan fingerprint density at radius 2 is 1.82 bits per heavy atom. The van der Waals surface area contributed by atoms with Crippen molar-refractivity contribution >= 4 is 28.9 Å². The number of rotatable bonds is 6. The van der Waals surface area contributed by atoms with Gasteiger partial charge in [-0.1, -0.05) is 27.7 Å². The van der Waals surface area contributed by atoms with E-state index in [1.54, 1.807) is 13.8 Å². The zero-order valence-corrected chi connectivity index (χ0v) is 22.6. The number of aliphatic hydroxyl groups is 3. The molecule has 0 aliphatic heterocycles. The molecule has 4 atom stereocenters. The Kier molecular flexibility index (Phi) is 6.86. The quantitative estimate of drug-likeness (QED) is 0.302. The standard InChI is InChI=1S/C28H37N3O7/c1-11(2)18-16-8-13-7-15-17(31(5)6)9-14(10-30-12(3)4)22(32)20(15)24(34)19(13)25(35)28(16,38)26(36)21(23(18)33)27(29)37/h9,11-13,16,18,30,32,34,36,38H,7-8,10H2,1-6H3,(H2,29,37)/t13-,16-,18-,28-/m0/s1. The van der Waals surface area contributed by atoms with E-state index in [9.17, 15) is 34.8 Å². The van der Waals surface area contributed by atoms with Gasteiger partial charge in [0.05, 0.1) is 5.56 Å². The van der Waals surface area contributed by atoms with Gasteiger partial charge in [-0.15, -0.1) is 0 Å². The predicted molar refractivity (Wildman–Crippen MR) is 141 cm³/mol. The van der Waals surface area contributed by atoms with Crippen LogP contribution in [-0.2, 0) is 27.3 Å². The highest BCUT2D eigenvalue weighted by Crippen LogP contribution is 2.55. The summed E-state index contributed by atoms with van der Waals surface area (Å²) in [5, 5.41) is 48.7. The highest BCUT2D eigenvalue weighted by Gasteiger charge is 2.64. The number of amides is 1. The molecule has 1 aromatic carbocycles. The number of phenols is 1. The van der Waals surface area contributed by atoms with Crippen LogP contribution >= 0.6 is 0 Å². The first kappa shape index (κ1) is 27.7. The number of carbonyl (C=O) groups excluding carboxylic acids is 3. The number of hydrogen-bond donors (Lipinski definition) is 6. The molecule has 0 unspecified atom stereocenters. The number of fused-ring (bicyclic) bond motifs is 3. The maximum absolute atomic E-state index is 14.0. The number of nitrogens with two attached hydrogens (primary N) is 1. The van der Waals surface area contributed by atoms with Crippen LogP contribution in [0.3, 0.4) is 0 Å². The van der Waals surface area contributed by atoms with E-state index in [4.69, 9.17) is 5.73 Å². The number of aromatic hydroxyl groups is 1. The van der Waals surface area contributed by atoms with Crippen LogP contribution in [-0.4, -0.2) is 63.6 Å². The molecule has 10 heteroatoms. The normalized spacial score (nSPS) is 27.0. The van der Waals surface area contributed by atoms with Gasteiger partial charge in [0, 0.05) is 55.3 Å². The molecule has 1 aromatic rings. The molecule has 0 bridgehead atoms. The zero-order chi connectivity index (χ0) is 28.4. The molecule has 1 saturated carbocycles. The van der Waals surface area contributed by atoms with Crippen LogP contribution in [0.4, 0.5) is 5.69 Å². The molecule has 0 heterocycles. The molecule has 0 aromatic heterocycles. The highest BCUT2D eigenvalue weighted by atomic mass is 16.3. The predicted octanol–water partition coefficient (Wildman–Crippen LogP) is 1.87. The van der Waals surface area contributed by atoms with Gasteiger partial charge in [0.15, 0.2) is 11.4 Å². The smallest absolute Gasteiger partial charge is 0.255 e. The second-order valence-corrected chi connectivity index (χ2v) is 11.5. The Hall–Kier alpha value is -3.37. The number of benzene rings is 1. The Morgan fingerprint density at radius 1 is 1.18 bits per heavy atom. The van der Waals surface area contributed by atoms with E-state index >= 15 is 0 Å². The molecule has 1 fully saturated rings. The van der Waals surface area contributed by atoms with Gasteiger partial charge in [-0.25, -0.2) is 0 Å². The fraction of sp³-hybridized carbons (Fsp3) is 0.536. The molecule has 0 spiro atoms. The lowest BCUT2D eigenvalue weighted by molar-refractivity contribution is -0.155. The van der Waals surface area contributed by atoms with Crippen molar-refractivity contribution in [1.82, 2.24) is 5.32 Å². The molecule has 3 aliphatic rings. The van der Waals surface area contributed by atoms with Gasteiger partial charge in [-0.3, -0.25) is 14.4 Å². The SMILES string of the molecule is CC(C)NCc1cc(N(C)C)c2c(c1O)C(O)=C1C(=O)[C@]3(O)C(O)=C(C(N)=O)C(=O)[C@@H](C(C)C)[C@@H]3C[C@@H]1C2. The van der Waals surface area contributed by atoms with Crippen molar-refractivity contribution in [2.75, 3.05) is 19.0 Å². The third-order valence-electron chi connectivity index (χ3n) is 8.21. The lowest BCUT2D eigenvalue weighted by Gasteiger charge is -2.50. The Morgan fingerprint density at radius 3 is 2.34 bits per heavy atom. The molecule has 38 heavy (non-hydrogen) atoms. The third kappa shape index (κ3) is 3.89. The summed E-state index contributed by atoms with van der Waals surface area (Å²) in [7, 11) is 3.69. The van der Waals surface area contributed by atoms with Crippen molar-refractivity contribution in [3.63, 3.8) is 0 Å². The lowest BCUT2D eigenvalue weighted by Crippen LogP contribution is -2.62. The van der Waals surface area contributed by atoms with Crippen LogP contribution in [0.1, 0.15) is 50.8 Å². The summed E-state index contributed by atoms with van der Waals surface area (Å²) in [6.45, 7) is 7.71. The average molecular weight is 528 g/mol. The van der Waals surface area contributed by atoms with Gasteiger partial charge < -0.3 is 36.4 Å². The summed E-state index contributed by atoms with van der Waals surface area (Å²) < 4.78 is 0. The molecule has 7 N–H and O–H groups in total. The van der Waals surface area contributed by atoms with Gasteiger partial charge in [0.2, 0.25) is 5.78 Å². The number of aliphatic hydroxyl groups excluding tert-OH is 2. The van der Waals surface area contributed by atoms with Gasteiger partial charge in [-0.05, 0) is 36.3 Å². The van der Waals surface area contributed by atoms with Crippen molar-refractivity contribution in [2.24, 2.45) is 29.4 Å². The summed E-state index contributed by atoms with van der Waals surface area (Å²) in [5.74, 6) is -7.59. The summed E-state index contributed by atoms with van der Waals surface area (Å²) in [6.07, 6.45) is 0.355. The van der Waals surface area contributed by atoms with Crippen molar-refractivity contribution in [3.05, 3.63) is 39.7 Å². The Bertz CT molecular complexity index is 1290. The largest absolute Gasteiger partial charge is 0.508 e. The fourth-order valence-electron chi connectivity index (χ4n) is 6.43. The van der Waals surface area contributed by atoms with Gasteiger partial charge >= 0.3 is 0 Å². The minimum absolute atomic E-state index is 0.0933. The van der Waals surface area contributed by atoms with E-state index in [1.165, 1.54) is 0 Å². The molecule has 0 radical (unpaired) electrons. The molecule has 1 amide bonds. The maximum Gasteiger partial charge on any atom is 0.255 e. The Balaban J connectivity index is 1.97. The van der Waals surface area contributed by atoms with Crippen LogP contribution in [0.25, 0.3) is 5.76 Å². The second-order valence-electron chi connectivity index (χ2n) is 11.5. The number of primary amides is 1.